The number of esters is 1. The summed E-state index contributed by atoms with van der Waals surface area (Å²) in [6.45, 7) is 6.21. The van der Waals surface area contributed by atoms with Crippen molar-refractivity contribution in [3.05, 3.63) is 120 Å². The van der Waals surface area contributed by atoms with Crippen LogP contribution in [0, 0.1) is 0 Å². The average Bonchev–Trinajstić information content (AvgIpc) is 2.93. The number of amides is 1. The van der Waals surface area contributed by atoms with E-state index in [1.165, 1.54) is 6.21 Å². The van der Waals surface area contributed by atoms with E-state index in [2.05, 4.69) is 31.3 Å². The molecule has 0 bridgehead atoms. The van der Waals surface area contributed by atoms with Gasteiger partial charge in [-0.3, -0.25) is 4.79 Å². The number of nitrogens with zero attached hydrogens (tertiary/aromatic N) is 1. The number of rotatable bonds is 8. The summed E-state index contributed by atoms with van der Waals surface area (Å²) in [6, 6.07) is 31.8. The Morgan fingerprint density at radius 3 is 2.00 bits per heavy atom. The molecule has 0 aromatic heterocycles. The SMILES string of the molecule is CC(C)(C)c1ccc(C(=O)Oc2ccc(/C=N\NC(=O)COc3ccc(-c4ccccc4)cc3)cc2)cc1. The molecule has 4 aromatic rings. The Hall–Kier alpha value is -4.71. The van der Waals surface area contributed by atoms with Crippen molar-refractivity contribution in [2.24, 2.45) is 5.10 Å². The second-order valence-corrected chi connectivity index (χ2v) is 9.76. The highest BCUT2D eigenvalue weighted by molar-refractivity contribution is 5.91. The van der Waals surface area contributed by atoms with E-state index in [1.807, 2.05) is 66.7 Å². The van der Waals surface area contributed by atoms with Crippen molar-refractivity contribution in [2.45, 2.75) is 26.2 Å². The maximum absolute atomic E-state index is 12.4. The monoisotopic (exact) mass is 506 g/mol. The lowest BCUT2D eigenvalue weighted by Crippen LogP contribution is -2.24. The highest BCUT2D eigenvalue weighted by atomic mass is 16.5. The zero-order chi connectivity index (χ0) is 27.0. The molecule has 4 rings (SSSR count). The predicted octanol–water partition coefficient (Wildman–Crippen LogP) is 6.40. The molecule has 6 nitrogen and oxygen atoms in total. The molecule has 0 radical (unpaired) electrons. The Morgan fingerprint density at radius 2 is 1.37 bits per heavy atom. The summed E-state index contributed by atoms with van der Waals surface area (Å²) in [5.41, 5.74) is 7.01. The fraction of sp³-hybridized carbons (Fsp3) is 0.156. The summed E-state index contributed by atoms with van der Waals surface area (Å²) < 4.78 is 11.0. The molecule has 192 valence electrons. The molecule has 38 heavy (non-hydrogen) atoms. The van der Waals surface area contributed by atoms with E-state index < -0.39 is 5.97 Å². The Balaban J connectivity index is 1.22. The highest BCUT2D eigenvalue weighted by Crippen LogP contribution is 2.23. The predicted molar refractivity (Wildman–Crippen MR) is 150 cm³/mol. The summed E-state index contributed by atoms with van der Waals surface area (Å²) >= 11 is 0. The maximum Gasteiger partial charge on any atom is 0.343 e. The van der Waals surface area contributed by atoms with Crippen LogP contribution in [-0.2, 0) is 10.2 Å². The molecule has 1 N–H and O–H groups in total. The van der Waals surface area contributed by atoms with Crippen LogP contribution >= 0.6 is 0 Å². The van der Waals surface area contributed by atoms with E-state index >= 15 is 0 Å². The summed E-state index contributed by atoms with van der Waals surface area (Å²) in [6.07, 6.45) is 1.50. The fourth-order valence-corrected chi connectivity index (χ4v) is 3.63. The smallest absolute Gasteiger partial charge is 0.343 e. The molecule has 0 unspecified atom stereocenters. The van der Waals surface area contributed by atoms with Gasteiger partial charge in [0.15, 0.2) is 6.61 Å². The minimum atomic E-state index is -0.422. The van der Waals surface area contributed by atoms with Crippen molar-refractivity contribution < 1.29 is 19.1 Å². The molecule has 0 aliphatic heterocycles. The first kappa shape index (κ1) is 26.4. The van der Waals surface area contributed by atoms with Gasteiger partial charge < -0.3 is 9.47 Å². The minimum Gasteiger partial charge on any atom is -0.484 e. The molecule has 1 amide bonds. The molecule has 4 aromatic carbocycles. The van der Waals surface area contributed by atoms with Gasteiger partial charge in [-0.15, -0.1) is 0 Å². The van der Waals surface area contributed by atoms with E-state index in [9.17, 15) is 9.59 Å². The van der Waals surface area contributed by atoms with Crippen LogP contribution in [0.3, 0.4) is 0 Å². The standard InChI is InChI=1S/C32H30N2O4/c1-32(2,3)27-15-11-26(12-16-27)31(36)38-29-17-9-23(10-18-29)21-33-34-30(35)22-37-28-19-13-25(14-20-28)24-7-5-4-6-8-24/h4-21H,22H2,1-3H3,(H,34,35)/b33-21-. The number of carbonyl (C=O) groups is 2. The number of nitrogens with one attached hydrogen (secondary N) is 1. The lowest BCUT2D eigenvalue weighted by atomic mass is 9.87. The number of hydrogen-bond acceptors (Lipinski definition) is 5. The van der Waals surface area contributed by atoms with E-state index in [-0.39, 0.29) is 17.9 Å². The second-order valence-electron chi connectivity index (χ2n) is 9.76. The lowest BCUT2D eigenvalue weighted by molar-refractivity contribution is -0.123. The molecule has 0 aliphatic rings. The molecule has 0 spiro atoms. The van der Waals surface area contributed by atoms with E-state index in [1.54, 1.807) is 36.4 Å². The van der Waals surface area contributed by atoms with Gasteiger partial charge in [0.1, 0.15) is 11.5 Å². The van der Waals surface area contributed by atoms with E-state index in [4.69, 9.17) is 9.47 Å². The third-order valence-electron chi connectivity index (χ3n) is 5.81. The molecule has 0 aliphatic carbocycles. The van der Waals surface area contributed by atoms with Gasteiger partial charge in [0.25, 0.3) is 5.91 Å². The first-order valence-corrected chi connectivity index (χ1v) is 12.3. The number of benzene rings is 4. The molecule has 0 heterocycles. The van der Waals surface area contributed by atoms with Crippen LogP contribution < -0.4 is 14.9 Å². The van der Waals surface area contributed by atoms with Crippen LogP contribution in [0.15, 0.2) is 108 Å². The van der Waals surface area contributed by atoms with Gasteiger partial charge in [-0.2, -0.15) is 5.10 Å². The van der Waals surface area contributed by atoms with E-state index in [0.29, 0.717) is 17.1 Å². The molecular formula is C32H30N2O4. The number of hydrogen-bond donors (Lipinski definition) is 1. The highest BCUT2D eigenvalue weighted by Gasteiger charge is 2.15. The van der Waals surface area contributed by atoms with Crippen molar-refractivity contribution in [1.82, 2.24) is 5.43 Å². The zero-order valence-electron chi connectivity index (χ0n) is 21.7. The topological polar surface area (TPSA) is 77.0 Å². The summed E-state index contributed by atoms with van der Waals surface area (Å²) in [5.74, 6) is 0.215. The van der Waals surface area contributed by atoms with Gasteiger partial charge >= 0.3 is 5.97 Å². The van der Waals surface area contributed by atoms with Gasteiger partial charge in [-0.05, 0) is 76.2 Å². The molecule has 0 saturated carbocycles. The number of carbonyl (C=O) groups excluding carboxylic acids is 2. The van der Waals surface area contributed by atoms with Gasteiger partial charge in [-0.25, -0.2) is 10.2 Å². The van der Waals surface area contributed by atoms with Crippen molar-refractivity contribution in [3.63, 3.8) is 0 Å². The van der Waals surface area contributed by atoms with Gasteiger partial charge in [0, 0.05) is 0 Å². The normalized spacial score (nSPS) is 11.2. The van der Waals surface area contributed by atoms with Crippen LogP contribution in [0.5, 0.6) is 11.5 Å². The zero-order valence-corrected chi connectivity index (χ0v) is 21.7. The van der Waals surface area contributed by atoms with Crippen LogP contribution in [0.4, 0.5) is 0 Å². The van der Waals surface area contributed by atoms with Crippen LogP contribution in [-0.4, -0.2) is 24.7 Å². The second kappa shape index (κ2) is 12.0. The molecule has 0 fully saturated rings. The van der Waals surface area contributed by atoms with Gasteiger partial charge in [0.2, 0.25) is 0 Å². The Kier molecular flexibility index (Phi) is 8.34. The van der Waals surface area contributed by atoms with Crippen LogP contribution in [0.1, 0.15) is 42.3 Å². The first-order chi connectivity index (χ1) is 18.3. The summed E-state index contributed by atoms with van der Waals surface area (Å²) in [5, 5.41) is 3.96. The maximum atomic E-state index is 12.4. The van der Waals surface area contributed by atoms with Gasteiger partial charge in [-0.1, -0.05) is 75.4 Å². The van der Waals surface area contributed by atoms with Crippen molar-refractivity contribution in [2.75, 3.05) is 6.61 Å². The number of hydrazone groups is 1. The summed E-state index contributed by atoms with van der Waals surface area (Å²) in [7, 11) is 0. The third kappa shape index (κ3) is 7.40. The minimum absolute atomic E-state index is 0.0153. The molecule has 6 heteroatoms. The van der Waals surface area contributed by atoms with Crippen molar-refractivity contribution in [1.29, 1.82) is 0 Å². The van der Waals surface area contributed by atoms with Crippen molar-refractivity contribution in [3.8, 4) is 22.6 Å². The molecular weight excluding hydrogens is 476 g/mol. The molecule has 0 atom stereocenters. The number of ether oxygens (including phenoxy) is 2. The average molecular weight is 507 g/mol. The largest absolute Gasteiger partial charge is 0.484 e. The summed E-state index contributed by atoms with van der Waals surface area (Å²) in [4.78, 5) is 24.5. The Labute approximate surface area is 222 Å². The lowest BCUT2D eigenvalue weighted by Gasteiger charge is -2.18. The van der Waals surface area contributed by atoms with Crippen molar-refractivity contribution >= 4 is 18.1 Å². The first-order valence-electron chi connectivity index (χ1n) is 12.3. The quantitative estimate of drug-likeness (QED) is 0.130. The van der Waals surface area contributed by atoms with Crippen LogP contribution in [0.2, 0.25) is 0 Å². The Bertz CT molecular complexity index is 1390. The van der Waals surface area contributed by atoms with Crippen LogP contribution in [0.25, 0.3) is 11.1 Å². The van der Waals surface area contributed by atoms with E-state index in [0.717, 1.165) is 22.3 Å². The third-order valence-corrected chi connectivity index (χ3v) is 5.81. The molecule has 0 saturated heterocycles. The fourth-order valence-electron chi connectivity index (χ4n) is 3.63. The Morgan fingerprint density at radius 1 is 0.763 bits per heavy atom. The van der Waals surface area contributed by atoms with Gasteiger partial charge in [0.05, 0.1) is 11.8 Å².